The first-order valence-electron chi connectivity index (χ1n) is 6.93. The van der Waals surface area contributed by atoms with Crippen molar-refractivity contribution in [1.29, 1.82) is 0 Å². The van der Waals surface area contributed by atoms with Crippen LogP contribution in [0.5, 0.6) is 17.2 Å². The molecule has 0 aromatic heterocycles. The van der Waals surface area contributed by atoms with Crippen molar-refractivity contribution in [3.05, 3.63) is 54.1 Å². The van der Waals surface area contributed by atoms with Crippen LogP contribution in [-0.4, -0.2) is 30.1 Å². The van der Waals surface area contributed by atoms with Gasteiger partial charge in [-0.1, -0.05) is 12.1 Å². The molecule has 3 rings (SSSR count). The highest BCUT2D eigenvalue weighted by atomic mass is 16.6. The van der Waals surface area contributed by atoms with E-state index in [1.807, 2.05) is 43.3 Å². The molecule has 0 aliphatic carbocycles. The normalized spacial score (nSPS) is 18.6. The van der Waals surface area contributed by atoms with Crippen molar-refractivity contribution in [1.82, 2.24) is 0 Å². The third-order valence-electron chi connectivity index (χ3n) is 3.42. The lowest BCUT2D eigenvalue weighted by atomic mass is 10.1. The van der Waals surface area contributed by atoms with Gasteiger partial charge in [0.15, 0.2) is 17.6 Å². The van der Waals surface area contributed by atoms with Gasteiger partial charge in [0, 0.05) is 6.21 Å². The highest BCUT2D eigenvalue weighted by molar-refractivity contribution is 5.79. The van der Waals surface area contributed by atoms with Gasteiger partial charge in [-0.2, -0.15) is 0 Å². The summed E-state index contributed by atoms with van der Waals surface area (Å²) in [5, 5.41) is 9.25. The summed E-state index contributed by atoms with van der Waals surface area (Å²) in [4.78, 5) is 4.51. The summed E-state index contributed by atoms with van der Waals surface area (Å²) in [5.74, 6) is 1.80. The lowest BCUT2D eigenvalue weighted by Gasteiger charge is -2.28. The molecule has 0 fully saturated rings. The summed E-state index contributed by atoms with van der Waals surface area (Å²) in [6.45, 7) is 2.49. The lowest BCUT2D eigenvalue weighted by Crippen LogP contribution is -2.37. The molecule has 2 aromatic carbocycles. The molecule has 1 heterocycles. The zero-order valence-electron chi connectivity index (χ0n) is 11.8. The Morgan fingerprint density at radius 2 is 1.86 bits per heavy atom. The van der Waals surface area contributed by atoms with E-state index < -0.39 is 0 Å². The molecule has 0 saturated heterocycles. The monoisotopic (exact) mass is 283 g/mol. The molecule has 2 atom stereocenters. The molecule has 1 aliphatic rings. The van der Waals surface area contributed by atoms with E-state index in [2.05, 4.69) is 4.99 Å². The standard InChI is InChI=1S/C17H17NO3/c1-12(18-10-13-6-8-14(19)9-7-13)17-11-20-15-4-2-3-5-16(15)21-17/h2-10,12,17,19H,11H2,1H3/t12-,17+/m0/s1. The van der Waals surface area contributed by atoms with Gasteiger partial charge < -0.3 is 14.6 Å². The molecular weight excluding hydrogens is 266 g/mol. The number of fused-ring (bicyclic) bond motifs is 1. The number of phenolic OH excluding ortho intramolecular Hbond substituents is 1. The average molecular weight is 283 g/mol. The van der Waals surface area contributed by atoms with Crippen LogP contribution < -0.4 is 9.47 Å². The Balaban J connectivity index is 1.66. The third kappa shape index (κ3) is 3.16. The van der Waals surface area contributed by atoms with E-state index in [0.717, 1.165) is 17.1 Å². The zero-order chi connectivity index (χ0) is 14.7. The molecular formula is C17H17NO3. The fraction of sp³-hybridized carbons (Fsp3) is 0.235. The predicted octanol–water partition coefficient (Wildman–Crippen LogP) is 3.04. The Bertz CT molecular complexity index is 637. The summed E-state index contributed by atoms with van der Waals surface area (Å²) in [5.41, 5.74) is 0.941. The van der Waals surface area contributed by atoms with Crippen LogP contribution >= 0.6 is 0 Å². The number of phenols is 1. The first-order chi connectivity index (χ1) is 10.2. The second-order valence-corrected chi connectivity index (χ2v) is 5.02. The highest BCUT2D eigenvalue weighted by Crippen LogP contribution is 2.31. The first-order valence-corrected chi connectivity index (χ1v) is 6.93. The Morgan fingerprint density at radius 1 is 1.14 bits per heavy atom. The summed E-state index contributed by atoms with van der Waals surface area (Å²) in [7, 11) is 0. The molecule has 1 N–H and O–H groups in total. The number of para-hydroxylation sites is 2. The second kappa shape index (κ2) is 5.87. The quantitative estimate of drug-likeness (QED) is 0.881. The molecule has 4 heteroatoms. The van der Waals surface area contributed by atoms with Gasteiger partial charge in [-0.05, 0) is 48.9 Å². The second-order valence-electron chi connectivity index (χ2n) is 5.02. The van der Waals surface area contributed by atoms with E-state index in [9.17, 15) is 5.11 Å². The topological polar surface area (TPSA) is 51.1 Å². The van der Waals surface area contributed by atoms with Crippen molar-refractivity contribution < 1.29 is 14.6 Å². The van der Waals surface area contributed by atoms with Crippen molar-refractivity contribution in [2.75, 3.05) is 6.61 Å². The Morgan fingerprint density at radius 3 is 2.62 bits per heavy atom. The van der Waals surface area contributed by atoms with Crippen LogP contribution in [0.15, 0.2) is 53.5 Å². The van der Waals surface area contributed by atoms with Crippen LogP contribution in [0.1, 0.15) is 12.5 Å². The van der Waals surface area contributed by atoms with E-state index in [0.29, 0.717) is 6.61 Å². The van der Waals surface area contributed by atoms with Crippen LogP contribution in [0, 0.1) is 0 Å². The highest BCUT2D eigenvalue weighted by Gasteiger charge is 2.25. The van der Waals surface area contributed by atoms with Gasteiger partial charge in [-0.25, -0.2) is 0 Å². The van der Waals surface area contributed by atoms with Crippen LogP contribution in [-0.2, 0) is 0 Å². The minimum Gasteiger partial charge on any atom is -0.508 e. The van der Waals surface area contributed by atoms with Gasteiger partial charge in [0.1, 0.15) is 12.4 Å². The fourth-order valence-electron chi connectivity index (χ4n) is 2.13. The fourth-order valence-corrected chi connectivity index (χ4v) is 2.13. The molecule has 2 aromatic rings. The van der Waals surface area contributed by atoms with Crippen LogP contribution in [0.3, 0.4) is 0 Å². The van der Waals surface area contributed by atoms with Gasteiger partial charge in [0.25, 0.3) is 0 Å². The van der Waals surface area contributed by atoms with E-state index in [1.165, 1.54) is 0 Å². The number of rotatable bonds is 3. The van der Waals surface area contributed by atoms with Crippen molar-refractivity contribution in [2.24, 2.45) is 4.99 Å². The number of aliphatic imine (C=N–C) groups is 1. The van der Waals surface area contributed by atoms with Crippen molar-refractivity contribution in [3.63, 3.8) is 0 Å². The molecule has 108 valence electrons. The lowest BCUT2D eigenvalue weighted by molar-refractivity contribution is 0.0771. The zero-order valence-corrected chi connectivity index (χ0v) is 11.8. The van der Waals surface area contributed by atoms with Crippen LogP contribution in [0.25, 0.3) is 0 Å². The molecule has 0 saturated carbocycles. The van der Waals surface area contributed by atoms with Crippen molar-refractivity contribution >= 4 is 6.21 Å². The molecule has 4 nitrogen and oxygen atoms in total. The average Bonchev–Trinajstić information content (AvgIpc) is 2.53. The molecule has 1 aliphatic heterocycles. The Hall–Kier alpha value is -2.49. The van der Waals surface area contributed by atoms with Gasteiger partial charge in [0.2, 0.25) is 0 Å². The molecule has 0 unspecified atom stereocenters. The van der Waals surface area contributed by atoms with Gasteiger partial charge in [0.05, 0.1) is 6.04 Å². The van der Waals surface area contributed by atoms with E-state index in [4.69, 9.17) is 9.47 Å². The number of aromatic hydroxyl groups is 1. The Labute approximate surface area is 123 Å². The SMILES string of the molecule is C[C@H](N=Cc1ccc(O)cc1)[C@H]1COc2ccccc2O1. The maximum absolute atomic E-state index is 9.25. The smallest absolute Gasteiger partial charge is 0.161 e. The predicted molar refractivity (Wildman–Crippen MR) is 81.5 cm³/mol. The van der Waals surface area contributed by atoms with Gasteiger partial charge >= 0.3 is 0 Å². The van der Waals surface area contributed by atoms with Crippen molar-refractivity contribution in [3.8, 4) is 17.2 Å². The van der Waals surface area contributed by atoms with E-state index in [1.54, 1.807) is 18.3 Å². The Kier molecular flexibility index (Phi) is 3.77. The maximum atomic E-state index is 9.25. The molecule has 0 spiro atoms. The van der Waals surface area contributed by atoms with E-state index >= 15 is 0 Å². The third-order valence-corrected chi connectivity index (χ3v) is 3.42. The number of hydrogen-bond acceptors (Lipinski definition) is 4. The number of hydrogen-bond donors (Lipinski definition) is 1. The molecule has 0 radical (unpaired) electrons. The van der Waals surface area contributed by atoms with Gasteiger partial charge in [-0.3, -0.25) is 4.99 Å². The molecule has 0 amide bonds. The minimum atomic E-state index is -0.103. The number of nitrogens with zero attached hydrogens (tertiary/aromatic N) is 1. The number of benzene rings is 2. The van der Waals surface area contributed by atoms with Gasteiger partial charge in [-0.15, -0.1) is 0 Å². The van der Waals surface area contributed by atoms with Crippen LogP contribution in [0.2, 0.25) is 0 Å². The molecule has 21 heavy (non-hydrogen) atoms. The number of ether oxygens (including phenoxy) is 2. The van der Waals surface area contributed by atoms with E-state index in [-0.39, 0.29) is 17.9 Å². The van der Waals surface area contributed by atoms with Crippen LogP contribution in [0.4, 0.5) is 0 Å². The summed E-state index contributed by atoms with van der Waals surface area (Å²) >= 11 is 0. The minimum absolute atomic E-state index is 0.0211. The summed E-state index contributed by atoms with van der Waals surface area (Å²) in [6, 6.07) is 14.5. The maximum Gasteiger partial charge on any atom is 0.161 e. The molecule has 0 bridgehead atoms. The largest absolute Gasteiger partial charge is 0.508 e. The first kappa shape index (κ1) is 13.5. The van der Waals surface area contributed by atoms with Crippen molar-refractivity contribution in [2.45, 2.75) is 19.1 Å². The summed E-state index contributed by atoms with van der Waals surface area (Å²) in [6.07, 6.45) is 1.68. The summed E-state index contributed by atoms with van der Waals surface area (Å²) < 4.78 is 11.6.